The maximum atomic E-state index is 5.89. The Kier molecular flexibility index (Phi) is 3.12. The topological polar surface area (TPSA) is 63.2 Å². The Labute approximate surface area is 144 Å². The summed E-state index contributed by atoms with van der Waals surface area (Å²) in [6.45, 7) is 3.44. The molecule has 126 valence electrons. The first-order valence-corrected chi connectivity index (χ1v) is 8.42. The predicted molar refractivity (Wildman–Crippen MR) is 96.9 cm³/mol. The highest BCUT2D eigenvalue weighted by Gasteiger charge is 2.24. The first-order chi connectivity index (χ1) is 12.3. The minimum atomic E-state index is 0.701. The summed E-state index contributed by atoms with van der Waals surface area (Å²) < 4.78 is 7.95. The Morgan fingerprint density at radius 2 is 1.64 bits per heavy atom. The Morgan fingerprint density at radius 1 is 0.880 bits per heavy atom. The molecule has 1 aliphatic rings. The molecule has 0 saturated carbocycles. The van der Waals surface area contributed by atoms with Crippen molar-refractivity contribution in [2.24, 2.45) is 7.05 Å². The second-order valence-corrected chi connectivity index (χ2v) is 6.26. The minimum absolute atomic E-state index is 0.701. The van der Waals surface area contributed by atoms with Gasteiger partial charge in [0.25, 0.3) is 6.01 Å². The molecule has 4 heterocycles. The molecule has 0 N–H and O–H groups in total. The van der Waals surface area contributed by atoms with E-state index in [2.05, 4.69) is 24.3 Å². The minimum Gasteiger partial charge on any atom is -0.423 e. The van der Waals surface area contributed by atoms with Crippen LogP contribution in [0.1, 0.15) is 0 Å². The number of hydrogen-bond donors (Lipinski definition) is 0. The number of aryl methyl sites for hydroxylation is 1. The number of fused-ring (bicyclic) bond motifs is 2. The van der Waals surface area contributed by atoms with Crippen molar-refractivity contribution in [3.8, 4) is 0 Å². The van der Waals surface area contributed by atoms with E-state index >= 15 is 0 Å². The van der Waals surface area contributed by atoms with Crippen molar-refractivity contribution in [3.05, 3.63) is 42.6 Å². The largest absolute Gasteiger partial charge is 0.423 e. The molecule has 0 bridgehead atoms. The predicted octanol–water partition coefficient (Wildman–Crippen LogP) is 2.44. The summed E-state index contributed by atoms with van der Waals surface area (Å²) in [6, 6.07) is 12.5. The summed E-state index contributed by atoms with van der Waals surface area (Å²) in [5.41, 5.74) is 3.59. The van der Waals surface area contributed by atoms with Crippen LogP contribution in [0.25, 0.3) is 22.3 Å². The normalized spacial score (nSPS) is 15.4. The molecule has 1 saturated heterocycles. The monoisotopic (exact) mass is 334 g/mol. The smallest absolute Gasteiger partial charge is 0.298 e. The Morgan fingerprint density at radius 3 is 2.44 bits per heavy atom. The second kappa shape index (κ2) is 5.47. The highest BCUT2D eigenvalue weighted by atomic mass is 16.4. The van der Waals surface area contributed by atoms with Crippen molar-refractivity contribution in [3.63, 3.8) is 0 Å². The summed E-state index contributed by atoms with van der Waals surface area (Å²) in [4.78, 5) is 18.2. The molecule has 5 rings (SSSR count). The standard InChI is InChI=1S/C18H18N6O/c1-22-16-14(6-4-8-19-16)20-17(22)23-9-11-24(12-10-23)18-21-13-5-2-3-7-15(13)25-18/h2-8H,9-12H2,1H3. The number of nitrogens with zero attached hydrogens (tertiary/aromatic N) is 6. The van der Waals surface area contributed by atoms with Gasteiger partial charge in [-0.15, -0.1) is 0 Å². The second-order valence-electron chi connectivity index (χ2n) is 6.26. The average Bonchev–Trinajstić information content (AvgIpc) is 3.24. The van der Waals surface area contributed by atoms with Crippen LogP contribution in [0.3, 0.4) is 0 Å². The van der Waals surface area contributed by atoms with Crippen molar-refractivity contribution >= 4 is 34.2 Å². The highest BCUT2D eigenvalue weighted by Crippen LogP contribution is 2.25. The molecule has 1 aliphatic heterocycles. The third kappa shape index (κ3) is 2.31. The highest BCUT2D eigenvalue weighted by molar-refractivity contribution is 5.75. The zero-order valence-electron chi connectivity index (χ0n) is 14.0. The third-order valence-corrected chi connectivity index (χ3v) is 4.72. The van der Waals surface area contributed by atoms with Gasteiger partial charge in [-0.1, -0.05) is 12.1 Å². The van der Waals surface area contributed by atoms with Crippen LogP contribution in [0, 0.1) is 0 Å². The van der Waals surface area contributed by atoms with Gasteiger partial charge in [-0.05, 0) is 24.3 Å². The number of benzene rings is 1. The number of pyridine rings is 1. The first-order valence-electron chi connectivity index (χ1n) is 8.42. The van der Waals surface area contributed by atoms with E-state index in [0.29, 0.717) is 6.01 Å². The molecule has 3 aromatic heterocycles. The van der Waals surface area contributed by atoms with Crippen molar-refractivity contribution < 1.29 is 4.42 Å². The Bertz CT molecular complexity index is 1010. The van der Waals surface area contributed by atoms with Crippen molar-refractivity contribution in [2.75, 3.05) is 36.0 Å². The van der Waals surface area contributed by atoms with Crippen LogP contribution in [0.15, 0.2) is 47.0 Å². The van der Waals surface area contributed by atoms with Gasteiger partial charge in [-0.3, -0.25) is 4.57 Å². The number of anilines is 2. The SMILES string of the molecule is Cn1c(N2CCN(c3nc4ccccc4o3)CC2)nc2cccnc21. The summed E-state index contributed by atoms with van der Waals surface area (Å²) in [7, 11) is 2.02. The molecule has 0 atom stereocenters. The van der Waals surface area contributed by atoms with E-state index in [9.17, 15) is 0 Å². The molecule has 1 aromatic carbocycles. The molecular formula is C18H18N6O. The van der Waals surface area contributed by atoms with Gasteiger partial charge in [0.1, 0.15) is 11.0 Å². The molecule has 0 aliphatic carbocycles. The van der Waals surface area contributed by atoms with E-state index < -0.39 is 0 Å². The molecule has 25 heavy (non-hydrogen) atoms. The van der Waals surface area contributed by atoms with Gasteiger partial charge >= 0.3 is 0 Å². The van der Waals surface area contributed by atoms with Gasteiger partial charge < -0.3 is 14.2 Å². The number of imidazole rings is 1. The van der Waals surface area contributed by atoms with E-state index in [1.165, 1.54) is 0 Å². The molecule has 0 amide bonds. The molecule has 4 aromatic rings. The number of rotatable bonds is 2. The van der Waals surface area contributed by atoms with Crippen LogP contribution in [0.4, 0.5) is 12.0 Å². The van der Waals surface area contributed by atoms with Gasteiger partial charge in [0.05, 0.1) is 0 Å². The third-order valence-electron chi connectivity index (χ3n) is 4.72. The van der Waals surface area contributed by atoms with Crippen LogP contribution >= 0.6 is 0 Å². The number of piperazine rings is 1. The van der Waals surface area contributed by atoms with Gasteiger partial charge in [0.2, 0.25) is 5.95 Å². The summed E-state index contributed by atoms with van der Waals surface area (Å²) >= 11 is 0. The van der Waals surface area contributed by atoms with E-state index in [4.69, 9.17) is 9.40 Å². The lowest BCUT2D eigenvalue weighted by Crippen LogP contribution is -2.47. The van der Waals surface area contributed by atoms with Gasteiger partial charge in [-0.2, -0.15) is 4.98 Å². The molecule has 1 fully saturated rings. The van der Waals surface area contributed by atoms with Crippen molar-refractivity contribution in [1.29, 1.82) is 0 Å². The lowest BCUT2D eigenvalue weighted by atomic mass is 10.3. The first kappa shape index (κ1) is 14.3. The lowest BCUT2D eigenvalue weighted by Gasteiger charge is -2.34. The maximum absolute atomic E-state index is 5.89. The van der Waals surface area contributed by atoms with Gasteiger partial charge in [-0.25, -0.2) is 9.97 Å². The molecule has 7 heteroatoms. The fraction of sp³-hybridized carbons (Fsp3) is 0.278. The van der Waals surface area contributed by atoms with E-state index in [1.807, 2.05) is 43.4 Å². The fourth-order valence-electron chi connectivity index (χ4n) is 3.39. The quantitative estimate of drug-likeness (QED) is 0.561. The van der Waals surface area contributed by atoms with E-state index in [1.54, 1.807) is 6.20 Å². The van der Waals surface area contributed by atoms with E-state index in [0.717, 1.165) is 54.4 Å². The van der Waals surface area contributed by atoms with Gasteiger partial charge in [0.15, 0.2) is 11.2 Å². The number of aromatic nitrogens is 4. The summed E-state index contributed by atoms with van der Waals surface area (Å²) in [6.07, 6.45) is 1.80. The zero-order chi connectivity index (χ0) is 16.8. The fourth-order valence-corrected chi connectivity index (χ4v) is 3.39. The maximum Gasteiger partial charge on any atom is 0.298 e. The van der Waals surface area contributed by atoms with Crippen LogP contribution in [0.5, 0.6) is 0 Å². The van der Waals surface area contributed by atoms with Crippen LogP contribution < -0.4 is 9.80 Å². The Balaban J connectivity index is 1.37. The molecule has 0 radical (unpaired) electrons. The summed E-state index contributed by atoms with van der Waals surface area (Å²) in [5.74, 6) is 0.964. The van der Waals surface area contributed by atoms with E-state index in [-0.39, 0.29) is 0 Å². The van der Waals surface area contributed by atoms with Gasteiger partial charge in [0, 0.05) is 39.4 Å². The number of oxazole rings is 1. The van der Waals surface area contributed by atoms with Crippen LogP contribution in [0.2, 0.25) is 0 Å². The lowest BCUT2D eigenvalue weighted by molar-refractivity contribution is 0.537. The number of hydrogen-bond acceptors (Lipinski definition) is 6. The zero-order valence-corrected chi connectivity index (χ0v) is 14.0. The van der Waals surface area contributed by atoms with Crippen LogP contribution in [-0.2, 0) is 7.05 Å². The molecule has 0 unspecified atom stereocenters. The van der Waals surface area contributed by atoms with Crippen molar-refractivity contribution in [1.82, 2.24) is 19.5 Å². The Hall–Kier alpha value is -3.09. The molecule has 0 spiro atoms. The average molecular weight is 334 g/mol. The summed E-state index contributed by atoms with van der Waals surface area (Å²) in [5, 5.41) is 0. The molecular weight excluding hydrogens is 316 g/mol. The molecule has 7 nitrogen and oxygen atoms in total. The van der Waals surface area contributed by atoms with Crippen molar-refractivity contribution in [2.45, 2.75) is 0 Å². The van der Waals surface area contributed by atoms with Crippen LogP contribution in [-0.4, -0.2) is 45.7 Å². The number of para-hydroxylation sites is 2.